The number of hydrogen-bond donors (Lipinski definition) is 0. The van der Waals surface area contributed by atoms with Crippen LogP contribution in [0.25, 0.3) is 16.8 Å². The maximum atomic E-state index is 12.9. The Morgan fingerprint density at radius 3 is 2.52 bits per heavy atom. The van der Waals surface area contributed by atoms with Gasteiger partial charge in [0.15, 0.2) is 5.78 Å². The molecule has 0 atom stereocenters. The fourth-order valence-electron chi connectivity index (χ4n) is 3.42. The van der Waals surface area contributed by atoms with Gasteiger partial charge >= 0.3 is 0 Å². The molecular weight excluding hydrogens is 280 g/mol. The van der Waals surface area contributed by atoms with Crippen molar-refractivity contribution in [2.45, 2.75) is 19.3 Å². The van der Waals surface area contributed by atoms with E-state index in [0.29, 0.717) is 0 Å². The molecule has 23 heavy (non-hydrogen) atoms. The average Bonchev–Trinajstić information content (AvgIpc) is 2.75. The van der Waals surface area contributed by atoms with E-state index in [-0.39, 0.29) is 5.78 Å². The normalized spacial score (nSPS) is 16.3. The summed E-state index contributed by atoms with van der Waals surface area (Å²) in [5.41, 5.74) is 4.10. The van der Waals surface area contributed by atoms with Gasteiger partial charge in [-0.15, -0.1) is 0 Å². The minimum atomic E-state index is 0.186. The third kappa shape index (κ3) is 2.59. The molecule has 0 unspecified atom stereocenters. The second-order valence-electron chi connectivity index (χ2n) is 6.08. The number of carbonyl (C=O) groups excluding carboxylic acids is 1. The summed E-state index contributed by atoms with van der Waals surface area (Å²) in [4.78, 5) is 12.9. The molecule has 0 fully saturated rings. The summed E-state index contributed by atoms with van der Waals surface area (Å²) in [7, 11) is 0. The molecular formula is C22H18O. The number of rotatable bonds is 1. The maximum Gasteiger partial charge on any atom is 0.189 e. The Balaban J connectivity index is 1.83. The van der Waals surface area contributed by atoms with Crippen LogP contribution in [0.1, 0.15) is 34.3 Å². The first-order valence-corrected chi connectivity index (χ1v) is 8.14. The van der Waals surface area contributed by atoms with Crippen molar-refractivity contribution >= 4 is 22.6 Å². The van der Waals surface area contributed by atoms with Crippen LogP contribution in [-0.4, -0.2) is 5.78 Å². The van der Waals surface area contributed by atoms with Crippen LogP contribution in [-0.2, 0) is 6.42 Å². The van der Waals surface area contributed by atoms with Crippen LogP contribution in [0.5, 0.6) is 0 Å². The molecule has 112 valence electrons. The standard InChI is InChI=1S/C22H18O/c23-22-19(12-6-10-17-8-2-4-14-21(17)22)15-18-11-5-9-16-7-1-3-13-20(16)18/h1-5,7-9,11,13-15H,6,10,12H2/b19-15-. The Morgan fingerprint density at radius 2 is 1.57 bits per heavy atom. The highest BCUT2D eigenvalue weighted by Gasteiger charge is 2.19. The first-order valence-electron chi connectivity index (χ1n) is 8.14. The molecule has 0 bridgehead atoms. The van der Waals surface area contributed by atoms with Crippen LogP contribution in [0.4, 0.5) is 0 Å². The van der Waals surface area contributed by atoms with Crippen molar-refractivity contribution in [1.82, 2.24) is 0 Å². The van der Waals surface area contributed by atoms with E-state index in [1.807, 2.05) is 24.3 Å². The van der Waals surface area contributed by atoms with Crippen LogP contribution >= 0.6 is 0 Å². The molecule has 1 heteroatoms. The molecule has 0 radical (unpaired) electrons. The minimum Gasteiger partial charge on any atom is -0.289 e. The van der Waals surface area contributed by atoms with Gasteiger partial charge in [-0.3, -0.25) is 4.79 Å². The molecule has 0 saturated heterocycles. The molecule has 0 aliphatic heterocycles. The van der Waals surface area contributed by atoms with Crippen LogP contribution in [0.15, 0.2) is 72.3 Å². The van der Waals surface area contributed by atoms with Gasteiger partial charge in [-0.25, -0.2) is 0 Å². The fourth-order valence-corrected chi connectivity index (χ4v) is 3.42. The summed E-state index contributed by atoms with van der Waals surface area (Å²) in [6, 6.07) is 22.6. The lowest BCUT2D eigenvalue weighted by Gasteiger charge is -2.07. The van der Waals surface area contributed by atoms with Crippen molar-refractivity contribution in [3.63, 3.8) is 0 Å². The number of carbonyl (C=O) groups is 1. The molecule has 0 heterocycles. The van der Waals surface area contributed by atoms with Crippen molar-refractivity contribution in [3.8, 4) is 0 Å². The first kappa shape index (κ1) is 14.0. The lowest BCUT2D eigenvalue weighted by molar-refractivity contribution is 0.103. The molecule has 3 aromatic carbocycles. The van der Waals surface area contributed by atoms with E-state index in [9.17, 15) is 4.79 Å². The van der Waals surface area contributed by atoms with Crippen molar-refractivity contribution in [2.24, 2.45) is 0 Å². The van der Waals surface area contributed by atoms with Gasteiger partial charge in [-0.2, -0.15) is 0 Å². The van der Waals surface area contributed by atoms with Crippen LogP contribution in [0.2, 0.25) is 0 Å². The van der Waals surface area contributed by atoms with Gasteiger partial charge in [0.25, 0.3) is 0 Å². The Labute approximate surface area is 136 Å². The number of ketones is 1. The molecule has 3 aromatic rings. The highest BCUT2D eigenvalue weighted by Crippen LogP contribution is 2.28. The van der Waals surface area contributed by atoms with Crippen molar-refractivity contribution < 1.29 is 4.79 Å². The number of fused-ring (bicyclic) bond motifs is 2. The van der Waals surface area contributed by atoms with Crippen LogP contribution < -0.4 is 0 Å². The summed E-state index contributed by atoms with van der Waals surface area (Å²) in [5, 5.41) is 2.41. The smallest absolute Gasteiger partial charge is 0.189 e. The molecule has 1 aliphatic rings. The number of Topliss-reactive ketones (excluding diaryl/α,β-unsaturated/α-hetero) is 1. The number of aryl methyl sites for hydroxylation is 1. The number of hydrogen-bond acceptors (Lipinski definition) is 1. The quantitative estimate of drug-likeness (QED) is 0.432. The Morgan fingerprint density at radius 1 is 0.783 bits per heavy atom. The van der Waals surface area contributed by atoms with E-state index in [2.05, 4.69) is 48.5 Å². The molecule has 1 aliphatic carbocycles. The maximum absolute atomic E-state index is 12.9. The molecule has 0 spiro atoms. The first-order chi connectivity index (χ1) is 11.3. The summed E-state index contributed by atoms with van der Waals surface area (Å²) < 4.78 is 0. The third-order valence-corrected chi connectivity index (χ3v) is 4.60. The number of benzene rings is 3. The zero-order valence-corrected chi connectivity index (χ0v) is 13.0. The van der Waals surface area contributed by atoms with E-state index in [4.69, 9.17) is 0 Å². The van der Waals surface area contributed by atoms with E-state index in [1.165, 1.54) is 16.3 Å². The van der Waals surface area contributed by atoms with Crippen LogP contribution in [0, 0.1) is 0 Å². The van der Waals surface area contributed by atoms with Crippen molar-refractivity contribution in [3.05, 3.63) is 89.0 Å². The van der Waals surface area contributed by atoms with Gasteiger partial charge in [-0.1, -0.05) is 66.7 Å². The summed E-state index contributed by atoms with van der Waals surface area (Å²) >= 11 is 0. The predicted molar refractivity (Wildman–Crippen MR) is 95.6 cm³/mol. The van der Waals surface area contributed by atoms with Gasteiger partial charge in [0.2, 0.25) is 0 Å². The van der Waals surface area contributed by atoms with Gasteiger partial charge in [0.1, 0.15) is 0 Å². The zero-order chi connectivity index (χ0) is 15.6. The topological polar surface area (TPSA) is 17.1 Å². The predicted octanol–water partition coefficient (Wildman–Crippen LogP) is 5.44. The lowest BCUT2D eigenvalue weighted by atomic mass is 9.96. The molecule has 0 saturated carbocycles. The second-order valence-corrected chi connectivity index (χ2v) is 6.08. The lowest BCUT2D eigenvalue weighted by Crippen LogP contribution is -2.03. The SMILES string of the molecule is O=C1/C(=C\c2cccc3ccccc23)CCCc2ccccc21. The van der Waals surface area contributed by atoms with Gasteiger partial charge in [0, 0.05) is 11.1 Å². The van der Waals surface area contributed by atoms with Gasteiger partial charge in [-0.05, 0) is 47.2 Å². The van der Waals surface area contributed by atoms with Crippen molar-refractivity contribution in [1.29, 1.82) is 0 Å². The average molecular weight is 298 g/mol. The Hall–Kier alpha value is -2.67. The highest BCUT2D eigenvalue weighted by molar-refractivity contribution is 6.13. The summed E-state index contributed by atoms with van der Waals surface area (Å²) in [6.07, 6.45) is 4.94. The molecule has 0 N–H and O–H groups in total. The van der Waals surface area contributed by atoms with Gasteiger partial charge in [0.05, 0.1) is 0 Å². The van der Waals surface area contributed by atoms with Gasteiger partial charge < -0.3 is 0 Å². The van der Waals surface area contributed by atoms with Crippen molar-refractivity contribution in [2.75, 3.05) is 0 Å². The second kappa shape index (κ2) is 5.85. The van der Waals surface area contributed by atoms with Crippen LogP contribution in [0.3, 0.4) is 0 Å². The third-order valence-electron chi connectivity index (χ3n) is 4.60. The molecule has 0 aromatic heterocycles. The summed E-state index contributed by atoms with van der Waals surface area (Å²) in [5.74, 6) is 0.186. The van der Waals surface area contributed by atoms with E-state index < -0.39 is 0 Å². The zero-order valence-electron chi connectivity index (χ0n) is 13.0. The highest BCUT2D eigenvalue weighted by atomic mass is 16.1. The Bertz CT molecular complexity index is 913. The molecule has 1 nitrogen and oxygen atoms in total. The largest absolute Gasteiger partial charge is 0.289 e. The number of allylic oxidation sites excluding steroid dienone is 1. The van der Waals surface area contributed by atoms with E-state index in [0.717, 1.165) is 36.0 Å². The summed E-state index contributed by atoms with van der Waals surface area (Å²) in [6.45, 7) is 0. The molecule has 4 rings (SSSR count). The Kier molecular flexibility index (Phi) is 3.55. The fraction of sp³-hybridized carbons (Fsp3) is 0.136. The monoisotopic (exact) mass is 298 g/mol. The minimum absolute atomic E-state index is 0.186. The van der Waals surface area contributed by atoms with E-state index >= 15 is 0 Å². The van der Waals surface area contributed by atoms with E-state index in [1.54, 1.807) is 0 Å². The molecule has 0 amide bonds.